The Morgan fingerprint density at radius 3 is 2.31 bits per heavy atom. The van der Waals surface area contributed by atoms with E-state index in [1.807, 2.05) is 0 Å². The molecule has 0 bridgehead atoms. The lowest BCUT2D eigenvalue weighted by Gasteiger charge is -2.10. The number of hydrogen-bond donors (Lipinski definition) is 1. The fourth-order valence-corrected chi connectivity index (χ4v) is 2.59. The van der Waals surface area contributed by atoms with Crippen LogP contribution in [0.15, 0.2) is 53.3 Å². The number of aryl methyl sites for hydroxylation is 1. The molecule has 2 aromatic carbocycles. The van der Waals surface area contributed by atoms with Crippen molar-refractivity contribution in [1.29, 1.82) is 0 Å². The molecule has 1 N–H and O–H groups in total. The highest BCUT2D eigenvalue weighted by atomic mass is 19.4. The van der Waals surface area contributed by atoms with Crippen molar-refractivity contribution in [3.63, 3.8) is 0 Å². The Morgan fingerprint density at radius 1 is 1.07 bits per heavy atom. The topological polar surface area (TPSA) is 90.3 Å². The fourth-order valence-electron chi connectivity index (χ4n) is 2.59. The van der Waals surface area contributed by atoms with Gasteiger partial charge in [0.1, 0.15) is 0 Å². The van der Waals surface area contributed by atoms with E-state index < -0.39 is 35.8 Å². The summed E-state index contributed by atoms with van der Waals surface area (Å²) in [5.74, 6) is -1.66. The number of rotatable bonds is 4. The minimum Gasteiger partial charge on any atom is -0.451 e. The van der Waals surface area contributed by atoms with Gasteiger partial charge in [-0.25, -0.2) is 9.48 Å². The number of esters is 1. The minimum absolute atomic E-state index is 0.115. The lowest BCUT2D eigenvalue weighted by atomic mass is 10.1. The summed E-state index contributed by atoms with van der Waals surface area (Å²) in [6.07, 6.45) is -4.48. The molecule has 3 rings (SSSR count). The smallest absolute Gasteiger partial charge is 0.416 e. The summed E-state index contributed by atoms with van der Waals surface area (Å²) in [6, 6.07) is 10.1. The quantitative estimate of drug-likeness (QED) is 0.674. The number of carbonyl (C=O) groups excluding carboxylic acids is 2. The van der Waals surface area contributed by atoms with Crippen LogP contribution in [0.3, 0.4) is 0 Å². The zero-order valence-corrected chi connectivity index (χ0v) is 15.0. The maximum Gasteiger partial charge on any atom is 0.416 e. The summed E-state index contributed by atoms with van der Waals surface area (Å²) in [5, 5.41) is 6.76. The van der Waals surface area contributed by atoms with Crippen LogP contribution in [0.4, 0.5) is 18.9 Å². The molecule has 150 valence electrons. The third kappa shape index (κ3) is 4.42. The van der Waals surface area contributed by atoms with Gasteiger partial charge in [-0.1, -0.05) is 18.2 Å². The van der Waals surface area contributed by atoms with E-state index in [1.165, 1.54) is 19.2 Å². The first-order valence-electron chi connectivity index (χ1n) is 8.27. The number of aromatic nitrogens is 2. The first-order chi connectivity index (χ1) is 13.7. The number of hydrogen-bond acceptors (Lipinski definition) is 5. The summed E-state index contributed by atoms with van der Waals surface area (Å²) in [7, 11) is 1.38. The molecule has 0 radical (unpaired) electrons. The molecule has 29 heavy (non-hydrogen) atoms. The first-order valence-corrected chi connectivity index (χ1v) is 8.27. The van der Waals surface area contributed by atoms with Gasteiger partial charge in [0.15, 0.2) is 12.3 Å². The molecule has 0 atom stereocenters. The number of amides is 1. The van der Waals surface area contributed by atoms with Crippen LogP contribution in [0.2, 0.25) is 0 Å². The first kappa shape index (κ1) is 20.1. The van der Waals surface area contributed by atoms with Crippen LogP contribution < -0.4 is 10.9 Å². The summed E-state index contributed by atoms with van der Waals surface area (Å²) in [6.45, 7) is -0.682. The van der Waals surface area contributed by atoms with Gasteiger partial charge in [-0.3, -0.25) is 9.59 Å². The molecule has 0 aliphatic rings. The van der Waals surface area contributed by atoms with E-state index in [-0.39, 0.29) is 22.2 Å². The van der Waals surface area contributed by atoms with E-state index in [0.717, 1.165) is 28.9 Å². The summed E-state index contributed by atoms with van der Waals surface area (Å²) in [5.41, 5.74) is -1.26. The summed E-state index contributed by atoms with van der Waals surface area (Å²) >= 11 is 0. The number of carbonyl (C=O) groups is 2. The Hall–Kier alpha value is -3.69. The Morgan fingerprint density at radius 2 is 1.69 bits per heavy atom. The van der Waals surface area contributed by atoms with Crippen LogP contribution in [-0.4, -0.2) is 28.3 Å². The van der Waals surface area contributed by atoms with Crippen LogP contribution in [-0.2, 0) is 22.8 Å². The second-order valence-electron chi connectivity index (χ2n) is 6.02. The Bertz CT molecular complexity index is 1140. The molecule has 1 amide bonds. The van der Waals surface area contributed by atoms with Crippen molar-refractivity contribution in [3.8, 4) is 0 Å². The molecule has 0 unspecified atom stereocenters. The Kier molecular flexibility index (Phi) is 5.35. The van der Waals surface area contributed by atoms with Gasteiger partial charge in [-0.2, -0.15) is 18.3 Å². The van der Waals surface area contributed by atoms with E-state index in [9.17, 15) is 27.6 Å². The lowest BCUT2D eigenvalue weighted by Crippen LogP contribution is -2.26. The van der Waals surface area contributed by atoms with Gasteiger partial charge in [0, 0.05) is 18.1 Å². The van der Waals surface area contributed by atoms with E-state index in [2.05, 4.69) is 10.4 Å². The SMILES string of the molecule is Cn1nc(C(=O)OCC(=O)Nc2ccc(C(F)(F)F)cc2)c2ccccc2c1=O. The molecule has 1 aromatic heterocycles. The zero-order valence-electron chi connectivity index (χ0n) is 15.0. The summed E-state index contributed by atoms with van der Waals surface area (Å²) < 4.78 is 43.6. The van der Waals surface area contributed by atoms with Gasteiger partial charge in [-0.05, 0) is 30.3 Å². The number of anilines is 1. The zero-order chi connectivity index (χ0) is 21.2. The largest absolute Gasteiger partial charge is 0.451 e. The van der Waals surface area contributed by atoms with Gasteiger partial charge < -0.3 is 10.1 Å². The summed E-state index contributed by atoms with van der Waals surface area (Å²) in [4.78, 5) is 36.3. The predicted octanol–water partition coefficient (Wildman–Crippen LogP) is 2.75. The molecule has 1 heterocycles. The maximum absolute atomic E-state index is 12.5. The molecule has 0 fully saturated rings. The van der Waals surface area contributed by atoms with Crippen LogP contribution in [0.5, 0.6) is 0 Å². The molecule has 0 spiro atoms. The van der Waals surface area contributed by atoms with Crippen molar-refractivity contribution in [2.75, 3.05) is 11.9 Å². The van der Waals surface area contributed by atoms with Crippen molar-refractivity contribution in [2.45, 2.75) is 6.18 Å². The normalized spacial score (nSPS) is 11.3. The standard InChI is InChI=1S/C19H14F3N3O4/c1-25-17(27)14-5-3-2-4-13(14)16(24-25)18(28)29-10-15(26)23-12-8-6-11(7-9-12)19(20,21)22/h2-9H,10H2,1H3,(H,23,26). The molecular weight excluding hydrogens is 391 g/mol. The number of fused-ring (bicyclic) bond motifs is 1. The van der Waals surface area contributed by atoms with Crippen molar-refractivity contribution in [2.24, 2.45) is 7.05 Å². The molecule has 10 heteroatoms. The highest BCUT2D eigenvalue weighted by Gasteiger charge is 2.30. The van der Waals surface area contributed by atoms with Crippen LogP contribution in [0.25, 0.3) is 10.8 Å². The molecule has 0 saturated heterocycles. The van der Waals surface area contributed by atoms with Gasteiger partial charge in [0.25, 0.3) is 11.5 Å². The fraction of sp³-hybridized carbons (Fsp3) is 0.158. The monoisotopic (exact) mass is 405 g/mol. The van der Waals surface area contributed by atoms with Crippen molar-refractivity contribution in [3.05, 3.63) is 70.1 Å². The van der Waals surface area contributed by atoms with Crippen LogP contribution >= 0.6 is 0 Å². The number of nitrogens with zero attached hydrogens (tertiary/aromatic N) is 2. The van der Waals surface area contributed by atoms with Crippen molar-refractivity contribution >= 4 is 28.3 Å². The second kappa shape index (κ2) is 7.74. The molecular formula is C19H14F3N3O4. The van der Waals surface area contributed by atoms with E-state index in [4.69, 9.17) is 4.74 Å². The van der Waals surface area contributed by atoms with Gasteiger partial charge in [0.2, 0.25) is 0 Å². The van der Waals surface area contributed by atoms with Gasteiger partial charge in [0.05, 0.1) is 10.9 Å². The number of halogens is 3. The number of nitrogens with one attached hydrogen (secondary N) is 1. The second-order valence-corrected chi connectivity index (χ2v) is 6.02. The highest BCUT2D eigenvalue weighted by molar-refractivity contribution is 6.03. The molecule has 3 aromatic rings. The molecule has 0 aliphatic carbocycles. The highest BCUT2D eigenvalue weighted by Crippen LogP contribution is 2.29. The molecule has 0 aliphatic heterocycles. The van der Waals surface area contributed by atoms with E-state index in [0.29, 0.717) is 0 Å². The van der Waals surface area contributed by atoms with Crippen LogP contribution in [0.1, 0.15) is 16.1 Å². The minimum atomic E-state index is -4.48. The molecule has 7 nitrogen and oxygen atoms in total. The number of benzene rings is 2. The van der Waals surface area contributed by atoms with E-state index >= 15 is 0 Å². The number of ether oxygens (including phenoxy) is 1. The molecule has 0 saturated carbocycles. The average Bonchev–Trinajstić information content (AvgIpc) is 2.68. The predicted molar refractivity (Wildman–Crippen MR) is 97.3 cm³/mol. The average molecular weight is 405 g/mol. The lowest BCUT2D eigenvalue weighted by molar-refractivity contribution is -0.137. The number of alkyl halides is 3. The van der Waals surface area contributed by atoms with Crippen molar-refractivity contribution in [1.82, 2.24) is 9.78 Å². The van der Waals surface area contributed by atoms with Crippen LogP contribution in [0, 0.1) is 0 Å². The van der Waals surface area contributed by atoms with Gasteiger partial charge in [-0.15, -0.1) is 0 Å². The van der Waals surface area contributed by atoms with Crippen molar-refractivity contribution < 1.29 is 27.5 Å². The third-order valence-corrected chi connectivity index (χ3v) is 3.98. The Labute approximate surface area is 161 Å². The third-order valence-electron chi connectivity index (χ3n) is 3.98. The maximum atomic E-state index is 12.5. The van der Waals surface area contributed by atoms with E-state index in [1.54, 1.807) is 12.1 Å². The van der Waals surface area contributed by atoms with Gasteiger partial charge >= 0.3 is 12.1 Å². The Balaban J connectivity index is 1.68.